The number of nitrogens with two attached hydrogens (primary N) is 1. The van der Waals surface area contributed by atoms with Gasteiger partial charge in [-0.15, -0.1) is 0 Å². The minimum absolute atomic E-state index is 0.0463. The summed E-state index contributed by atoms with van der Waals surface area (Å²) < 4.78 is 42.6. The molecule has 2 fully saturated rings. The Hall–Kier alpha value is -2.75. The quantitative estimate of drug-likeness (QED) is 0.738. The number of rotatable bonds is 4. The lowest BCUT2D eigenvalue weighted by atomic mass is 9.97. The first-order valence-electron chi connectivity index (χ1n) is 10.00. The lowest BCUT2D eigenvalue weighted by Crippen LogP contribution is -2.58. The summed E-state index contributed by atoms with van der Waals surface area (Å²) in [6, 6.07) is 2.93. The predicted octanol–water partition coefficient (Wildman–Crippen LogP) is 3.01. The number of carbonyl (C=O) groups is 1. The smallest absolute Gasteiger partial charge is 0.245 e. The Bertz CT molecular complexity index is 960. The Labute approximate surface area is 182 Å². The van der Waals surface area contributed by atoms with Crippen LogP contribution in [0.2, 0.25) is 5.02 Å². The van der Waals surface area contributed by atoms with E-state index < -0.39 is 29.9 Å². The highest BCUT2D eigenvalue weighted by Gasteiger charge is 2.38. The normalized spacial score (nSPS) is 24.4. The highest BCUT2D eigenvalue weighted by atomic mass is 35.5. The van der Waals surface area contributed by atoms with Crippen LogP contribution in [0.5, 0.6) is 0 Å². The average molecular weight is 455 g/mol. The van der Waals surface area contributed by atoms with Gasteiger partial charge in [-0.05, 0) is 31.0 Å². The number of piperidine rings is 2. The van der Waals surface area contributed by atoms with Crippen molar-refractivity contribution in [3.63, 3.8) is 0 Å². The molecule has 3 N–H and O–H groups in total. The summed E-state index contributed by atoms with van der Waals surface area (Å²) >= 11 is 5.90. The summed E-state index contributed by atoms with van der Waals surface area (Å²) in [7, 11) is 0. The van der Waals surface area contributed by atoms with Crippen LogP contribution in [-0.4, -0.2) is 58.7 Å². The van der Waals surface area contributed by atoms with Crippen molar-refractivity contribution in [2.24, 2.45) is 0 Å². The van der Waals surface area contributed by atoms with Crippen molar-refractivity contribution < 1.29 is 18.0 Å². The van der Waals surface area contributed by atoms with E-state index in [-0.39, 0.29) is 42.1 Å². The van der Waals surface area contributed by atoms with Gasteiger partial charge in [0, 0.05) is 30.2 Å². The summed E-state index contributed by atoms with van der Waals surface area (Å²) in [4.78, 5) is 23.7. The van der Waals surface area contributed by atoms with Gasteiger partial charge in [0.1, 0.15) is 24.4 Å². The zero-order valence-electron chi connectivity index (χ0n) is 16.6. The second-order valence-corrected chi connectivity index (χ2v) is 8.25. The molecule has 4 rings (SSSR count). The number of nitrogens with zero attached hydrogens (tertiary/aromatic N) is 4. The third-order valence-corrected chi connectivity index (χ3v) is 5.81. The van der Waals surface area contributed by atoms with Crippen LogP contribution in [0.25, 0.3) is 0 Å². The van der Waals surface area contributed by atoms with Crippen LogP contribution in [-0.2, 0) is 4.79 Å². The first-order chi connectivity index (χ1) is 14.8. The fraction of sp³-hybridized carbons (Fsp3) is 0.450. The van der Waals surface area contributed by atoms with Crippen LogP contribution in [0.4, 0.5) is 30.5 Å². The number of aromatic nitrogens is 2. The molecule has 2 saturated heterocycles. The molecule has 166 valence electrons. The molecule has 2 aliphatic rings. The van der Waals surface area contributed by atoms with Gasteiger partial charge in [-0.3, -0.25) is 4.79 Å². The molecule has 7 nitrogen and oxygen atoms in total. The van der Waals surface area contributed by atoms with E-state index in [0.717, 1.165) is 6.33 Å². The van der Waals surface area contributed by atoms with Crippen molar-refractivity contribution in [1.82, 2.24) is 14.9 Å². The summed E-state index contributed by atoms with van der Waals surface area (Å²) in [5.41, 5.74) is 5.92. The Balaban J connectivity index is 1.51. The molecular formula is C20H22ClF3N6O. The summed E-state index contributed by atoms with van der Waals surface area (Å²) in [6.07, 6.45) is 1.24. The topological polar surface area (TPSA) is 87.4 Å². The molecule has 0 saturated carbocycles. The van der Waals surface area contributed by atoms with Crippen molar-refractivity contribution in [3.05, 3.63) is 41.2 Å². The number of halogens is 4. The van der Waals surface area contributed by atoms with E-state index in [0.29, 0.717) is 25.1 Å². The zero-order chi connectivity index (χ0) is 22.1. The number of hydrogen-bond donors (Lipinski definition) is 2. The molecule has 11 heteroatoms. The number of hydrogen-bond acceptors (Lipinski definition) is 6. The fourth-order valence-electron chi connectivity index (χ4n) is 4.24. The first kappa shape index (κ1) is 21.5. The summed E-state index contributed by atoms with van der Waals surface area (Å²) in [5.74, 6) is -1.91. The van der Waals surface area contributed by atoms with Crippen molar-refractivity contribution in [2.75, 3.05) is 35.6 Å². The molecule has 0 aliphatic carbocycles. The minimum Gasteiger partial charge on any atom is -0.381 e. The first-order valence-corrected chi connectivity index (χ1v) is 10.4. The van der Waals surface area contributed by atoms with E-state index in [4.69, 9.17) is 17.3 Å². The maximum atomic E-state index is 14.6. The Morgan fingerprint density at radius 3 is 2.77 bits per heavy atom. The van der Waals surface area contributed by atoms with E-state index in [1.54, 1.807) is 11.0 Å². The number of likely N-dealkylation sites (tertiary alicyclic amines) is 1. The number of anilines is 3. The molecule has 3 heterocycles. The van der Waals surface area contributed by atoms with E-state index in [9.17, 15) is 18.0 Å². The molecule has 0 radical (unpaired) electrons. The number of nitrogens with one attached hydrogen (secondary N) is 1. The minimum atomic E-state index is -1.27. The molecule has 3 atom stereocenters. The molecule has 0 spiro atoms. The van der Waals surface area contributed by atoms with Gasteiger partial charge >= 0.3 is 0 Å². The van der Waals surface area contributed by atoms with Crippen LogP contribution in [0, 0.1) is 11.6 Å². The van der Waals surface area contributed by atoms with E-state index >= 15 is 0 Å². The maximum Gasteiger partial charge on any atom is 0.245 e. The molecule has 31 heavy (non-hydrogen) atoms. The number of amides is 1. The van der Waals surface area contributed by atoms with Gasteiger partial charge in [-0.25, -0.2) is 18.7 Å². The second kappa shape index (κ2) is 8.78. The lowest BCUT2D eigenvalue weighted by molar-refractivity contribution is -0.137. The predicted molar refractivity (Wildman–Crippen MR) is 112 cm³/mol. The monoisotopic (exact) mass is 454 g/mol. The van der Waals surface area contributed by atoms with Crippen LogP contribution in [0.1, 0.15) is 19.3 Å². The van der Waals surface area contributed by atoms with Crippen molar-refractivity contribution in [3.8, 4) is 0 Å². The lowest BCUT2D eigenvalue weighted by Gasteiger charge is -2.44. The largest absolute Gasteiger partial charge is 0.381 e. The number of benzene rings is 1. The van der Waals surface area contributed by atoms with Gasteiger partial charge < -0.3 is 20.9 Å². The summed E-state index contributed by atoms with van der Waals surface area (Å²) in [6.45, 7) is 0.633. The van der Waals surface area contributed by atoms with Gasteiger partial charge in [0.2, 0.25) is 11.7 Å². The van der Waals surface area contributed by atoms with Gasteiger partial charge in [0.25, 0.3) is 0 Å². The standard InChI is InChI=1S/C20H22ClF3N6O/c21-11-4-12(22)6-14(5-11)28-16-2-1-3-30(20(16)31)15-7-13(23)8-29(9-15)19-17(24)18(25)26-10-27-19/h4-6,10,13,15-16,28H,1-3,7-9H2,(H2,25,26,27). The van der Waals surface area contributed by atoms with Gasteiger partial charge in [-0.2, -0.15) is 4.39 Å². The van der Waals surface area contributed by atoms with Crippen LogP contribution < -0.4 is 16.0 Å². The molecule has 0 bridgehead atoms. The molecule has 3 unspecified atom stereocenters. The zero-order valence-corrected chi connectivity index (χ0v) is 17.3. The second-order valence-electron chi connectivity index (χ2n) is 7.82. The Kier molecular flexibility index (Phi) is 6.08. The van der Waals surface area contributed by atoms with Crippen LogP contribution in [0.3, 0.4) is 0 Å². The van der Waals surface area contributed by atoms with Gasteiger partial charge in [0.05, 0.1) is 12.6 Å². The molecule has 2 aliphatic heterocycles. The molecule has 2 aromatic rings. The Morgan fingerprint density at radius 1 is 1.19 bits per heavy atom. The van der Waals surface area contributed by atoms with E-state index in [1.165, 1.54) is 17.0 Å². The van der Waals surface area contributed by atoms with Crippen molar-refractivity contribution >= 4 is 34.8 Å². The van der Waals surface area contributed by atoms with Gasteiger partial charge in [-0.1, -0.05) is 11.6 Å². The van der Waals surface area contributed by atoms with E-state index in [2.05, 4.69) is 15.3 Å². The van der Waals surface area contributed by atoms with E-state index in [1.807, 2.05) is 0 Å². The molecule has 1 aromatic carbocycles. The average Bonchev–Trinajstić information content (AvgIpc) is 2.70. The van der Waals surface area contributed by atoms with Crippen LogP contribution >= 0.6 is 11.6 Å². The SMILES string of the molecule is Nc1ncnc(N2CC(F)CC(N3CCCC(Nc4cc(F)cc(Cl)c4)C3=O)C2)c1F. The highest BCUT2D eigenvalue weighted by Crippen LogP contribution is 2.29. The number of nitrogen functional groups attached to an aromatic ring is 1. The number of alkyl halides is 1. The highest BCUT2D eigenvalue weighted by molar-refractivity contribution is 6.30. The number of carbonyl (C=O) groups excluding carboxylic acids is 1. The van der Waals surface area contributed by atoms with Crippen molar-refractivity contribution in [2.45, 2.75) is 37.5 Å². The van der Waals surface area contributed by atoms with Gasteiger partial charge in [0.15, 0.2) is 11.6 Å². The third-order valence-electron chi connectivity index (χ3n) is 5.59. The fourth-order valence-corrected chi connectivity index (χ4v) is 4.46. The molecular weight excluding hydrogens is 433 g/mol. The maximum absolute atomic E-state index is 14.6. The Morgan fingerprint density at radius 2 is 2.00 bits per heavy atom. The molecule has 1 aromatic heterocycles. The van der Waals surface area contributed by atoms with Crippen molar-refractivity contribution in [1.29, 1.82) is 0 Å². The van der Waals surface area contributed by atoms with Crippen LogP contribution in [0.15, 0.2) is 24.5 Å². The third kappa shape index (κ3) is 4.63. The molecule has 1 amide bonds. The summed E-state index contributed by atoms with van der Waals surface area (Å²) in [5, 5.41) is 3.25.